The fourth-order valence-electron chi connectivity index (χ4n) is 2.30. The number of carbonyl (C=O) groups excluding carboxylic acids is 3. The van der Waals surface area contributed by atoms with Gasteiger partial charge in [0.25, 0.3) is 0 Å². The van der Waals surface area contributed by atoms with Crippen molar-refractivity contribution >= 4 is 29.6 Å². The van der Waals surface area contributed by atoms with Crippen LogP contribution in [0.5, 0.6) is 0 Å². The Hall–Kier alpha value is -1.04. The smallest absolute Gasteiger partial charge is 0.277 e. The van der Waals surface area contributed by atoms with Crippen LogP contribution in [0.15, 0.2) is 0 Å². The maximum absolute atomic E-state index is 12.2. The fourth-order valence-corrected chi connectivity index (χ4v) is 3.06. The normalized spacial score (nSPS) is 28.3. The number of nitrogens with zero attached hydrogens (tertiary/aromatic N) is 1. The summed E-state index contributed by atoms with van der Waals surface area (Å²) in [4.78, 5) is 36.8. The van der Waals surface area contributed by atoms with E-state index in [0.717, 1.165) is 12.8 Å². The van der Waals surface area contributed by atoms with Crippen molar-refractivity contribution in [1.29, 1.82) is 0 Å². The van der Waals surface area contributed by atoms with E-state index in [2.05, 4.69) is 5.32 Å². The number of hydrogen-bond acceptors (Lipinski definition) is 4. The standard InChI is InChI=1S/C11H14N2O3S/c1-17-10(2-3-10)6-13-8(15)11(4-5-11)7(14)12-9(13)16/h2-6H2,1H3,(H,12,14,16). The molecular formula is C11H14N2O3S. The molecule has 0 aromatic rings. The van der Waals surface area contributed by atoms with Gasteiger partial charge in [0.05, 0.1) is 0 Å². The maximum atomic E-state index is 12.2. The van der Waals surface area contributed by atoms with E-state index in [1.165, 1.54) is 4.90 Å². The van der Waals surface area contributed by atoms with Gasteiger partial charge in [-0.1, -0.05) is 0 Å². The van der Waals surface area contributed by atoms with E-state index in [1.807, 2.05) is 6.26 Å². The highest BCUT2D eigenvalue weighted by molar-refractivity contribution is 8.00. The minimum atomic E-state index is -0.900. The molecule has 17 heavy (non-hydrogen) atoms. The van der Waals surface area contributed by atoms with Crippen molar-refractivity contribution in [2.75, 3.05) is 12.8 Å². The summed E-state index contributed by atoms with van der Waals surface area (Å²) in [7, 11) is 0. The highest BCUT2D eigenvalue weighted by Crippen LogP contribution is 2.52. The quantitative estimate of drug-likeness (QED) is 0.754. The molecule has 1 spiro atoms. The molecule has 1 saturated heterocycles. The molecule has 3 rings (SSSR count). The minimum Gasteiger partial charge on any atom is -0.277 e. The molecule has 92 valence electrons. The first-order valence-corrected chi connectivity index (χ1v) is 6.98. The fraction of sp³-hybridized carbons (Fsp3) is 0.727. The average Bonchev–Trinajstić information content (AvgIpc) is 3.18. The molecule has 5 nitrogen and oxygen atoms in total. The monoisotopic (exact) mass is 254 g/mol. The van der Waals surface area contributed by atoms with Crippen LogP contribution in [-0.2, 0) is 9.59 Å². The van der Waals surface area contributed by atoms with Crippen LogP contribution in [0.25, 0.3) is 0 Å². The van der Waals surface area contributed by atoms with Crippen molar-refractivity contribution in [3.63, 3.8) is 0 Å². The maximum Gasteiger partial charge on any atom is 0.330 e. The Bertz CT molecular complexity index is 426. The van der Waals surface area contributed by atoms with E-state index < -0.39 is 17.4 Å². The summed E-state index contributed by atoms with van der Waals surface area (Å²) >= 11 is 1.70. The Labute approximate surface area is 103 Å². The van der Waals surface area contributed by atoms with E-state index in [0.29, 0.717) is 19.4 Å². The van der Waals surface area contributed by atoms with Gasteiger partial charge in [-0.05, 0) is 31.9 Å². The number of rotatable bonds is 3. The number of thioether (sulfide) groups is 1. The molecule has 1 aliphatic heterocycles. The molecule has 0 bridgehead atoms. The van der Waals surface area contributed by atoms with E-state index >= 15 is 0 Å². The van der Waals surface area contributed by atoms with Crippen LogP contribution in [0.4, 0.5) is 4.79 Å². The Kier molecular flexibility index (Phi) is 2.12. The molecule has 1 N–H and O–H groups in total. The van der Waals surface area contributed by atoms with Gasteiger partial charge < -0.3 is 0 Å². The molecule has 3 aliphatic rings. The molecule has 6 heteroatoms. The Morgan fingerprint density at radius 1 is 1.24 bits per heavy atom. The summed E-state index contributed by atoms with van der Waals surface area (Å²) in [6, 6.07) is -0.544. The zero-order valence-corrected chi connectivity index (χ0v) is 10.4. The van der Waals surface area contributed by atoms with Gasteiger partial charge in [-0.2, -0.15) is 11.8 Å². The van der Waals surface area contributed by atoms with Crippen molar-refractivity contribution in [2.24, 2.45) is 5.41 Å². The Morgan fingerprint density at radius 3 is 2.35 bits per heavy atom. The van der Waals surface area contributed by atoms with Gasteiger partial charge in [-0.25, -0.2) is 4.79 Å². The predicted molar refractivity (Wildman–Crippen MR) is 62.4 cm³/mol. The van der Waals surface area contributed by atoms with Gasteiger partial charge >= 0.3 is 6.03 Å². The molecule has 0 aromatic carbocycles. The third-order valence-corrected chi connectivity index (χ3v) is 5.40. The number of imide groups is 2. The van der Waals surface area contributed by atoms with Crippen LogP contribution in [0, 0.1) is 5.41 Å². The van der Waals surface area contributed by atoms with E-state index in [4.69, 9.17) is 0 Å². The highest BCUT2D eigenvalue weighted by atomic mass is 32.2. The summed E-state index contributed by atoms with van der Waals surface area (Å²) in [6.45, 7) is 0.438. The number of urea groups is 1. The van der Waals surface area contributed by atoms with Gasteiger partial charge in [0.2, 0.25) is 11.8 Å². The van der Waals surface area contributed by atoms with Crippen molar-refractivity contribution in [3.05, 3.63) is 0 Å². The van der Waals surface area contributed by atoms with Crippen molar-refractivity contribution in [3.8, 4) is 0 Å². The second-order valence-electron chi connectivity index (χ2n) is 5.12. The van der Waals surface area contributed by atoms with Gasteiger partial charge in [-0.3, -0.25) is 19.8 Å². The lowest BCUT2D eigenvalue weighted by atomic mass is 10.0. The van der Waals surface area contributed by atoms with Gasteiger partial charge in [0.1, 0.15) is 5.41 Å². The molecule has 4 amide bonds. The lowest BCUT2D eigenvalue weighted by Gasteiger charge is -2.32. The lowest BCUT2D eigenvalue weighted by molar-refractivity contribution is -0.144. The first-order valence-electron chi connectivity index (χ1n) is 5.76. The zero-order chi connectivity index (χ0) is 12.3. The molecule has 0 atom stereocenters. The summed E-state index contributed by atoms with van der Waals surface area (Å²) < 4.78 is 0.0451. The molecule has 0 radical (unpaired) electrons. The molecule has 3 fully saturated rings. The topological polar surface area (TPSA) is 66.5 Å². The zero-order valence-electron chi connectivity index (χ0n) is 9.62. The summed E-state index contributed by atoms with van der Waals surface area (Å²) in [5, 5.41) is 2.30. The molecule has 0 aromatic heterocycles. The SMILES string of the molecule is CSC1(CN2C(=O)NC(=O)C3(CC3)C2=O)CC1. The van der Waals surface area contributed by atoms with E-state index in [9.17, 15) is 14.4 Å². The molecule has 2 saturated carbocycles. The van der Waals surface area contributed by atoms with Gasteiger partial charge in [-0.15, -0.1) is 0 Å². The Morgan fingerprint density at radius 2 is 1.88 bits per heavy atom. The van der Waals surface area contributed by atoms with Crippen molar-refractivity contribution in [1.82, 2.24) is 10.2 Å². The largest absolute Gasteiger partial charge is 0.330 e. The third-order valence-electron chi connectivity index (χ3n) is 3.99. The number of barbiturate groups is 1. The second-order valence-corrected chi connectivity index (χ2v) is 6.39. The molecular weight excluding hydrogens is 240 g/mol. The highest BCUT2D eigenvalue weighted by Gasteiger charge is 2.63. The van der Waals surface area contributed by atoms with E-state index in [-0.39, 0.29) is 10.7 Å². The van der Waals surface area contributed by atoms with Crippen LogP contribution in [0.3, 0.4) is 0 Å². The summed E-state index contributed by atoms with van der Waals surface area (Å²) in [5.74, 6) is -0.690. The minimum absolute atomic E-state index is 0.0451. The molecule has 2 aliphatic carbocycles. The summed E-state index contributed by atoms with van der Waals surface area (Å²) in [6.07, 6.45) is 5.22. The number of hydrogen-bond donors (Lipinski definition) is 1. The third kappa shape index (κ3) is 1.50. The average molecular weight is 254 g/mol. The number of nitrogens with one attached hydrogen (secondary N) is 1. The first kappa shape index (κ1) is 11.1. The Balaban J connectivity index is 1.81. The number of amides is 4. The van der Waals surface area contributed by atoms with Crippen molar-refractivity contribution in [2.45, 2.75) is 30.4 Å². The van der Waals surface area contributed by atoms with Crippen LogP contribution in [-0.4, -0.2) is 40.3 Å². The molecule has 1 heterocycles. The van der Waals surface area contributed by atoms with Crippen LogP contribution in [0.2, 0.25) is 0 Å². The van der Waals surface area contributed by atoms with Gasteiger partial charge in [0, 0.05) is 11.3 Å². The van der Waals surface area contributed by atoms with Crippen LogP contribution in [0.1, 0.15) is 25.7 Å². The molecule has 0 unspecified atom stereocenters. The lowest BCUT2D eigenvalue weighted by Crippen LogP contribution is -2.60. The van der Waals surface area contributed by atoms with Crippen LogP contribution >= 0.6 is 11.8 Å². The number of carbonyl (C=O) groups is 3. The van der Waals surface area contributed by atoms with Crippen molar-refractivity contribution < 1.29 is 14.4 Å². The first-order chi connectivity index (χ1) is 8.03. The summed E-state index contributed by atoms with van der Waals surface area (Å²) in [5.41, 5.74) is -0.900. The van der Waals surface area contributed by atoms with Crippen LogP contribution < -0.4 is 5.32 Å². The van der Waals surface area contributed by atoms with E-state index in [1.54, 1.807) is 11.8 Å². The van der Waals surface area contributed by atoms with Gasteiger partial charge in [0.15, 0.2) is 0 Å². The predicted octanol–water partition coefficient (Wildman–Crippen LogP) is 0.741. The second kappa shape index (κ2) is 3.25.